The number of nitrogens with one attached hydrogen (secondary N) is 1. The van der Waals surface area contributed by atoms with E-state index in [-0.39, 0.29) is 12.6 Å². The molecule has 0 unspecified atom stereocenters. The van der Waals surface area contributed by atoms with Crippen LogP contribution in [0.25, 0.3) is 0 Å². The zero-order valence-corrected chi connectivity index (χ0v) is 14.4. The molecule has 1 aromatic carbocycles. The van der Waals surface area contributed by atoms with Gasteiger partial charge in [-0.15, -0.1) is 0 Å². The fourth-order valence-electron chi connectivity index (χ4n) is 2.60. The number of halogens is 1. The van der Waals surface area contributed by atoms with Crippen molar-refractivity contribution in [2.24, 2.45) is 0 Å². The summed E-state index contributed by atoms with van der Waals surface area (Å²) in [5.41, 5.74) is -0.929. The number of ether oxygens (including phenoxy) is 1. The molecule has 0 spiro atoms. The number of aromatic amines is 1. The highest BCUT2D eigenvalue weighted by atomic mass is 19.1. The molecule has 1 N–H and O–H groups in total. The topological polar surface area (TPSA) is 101 Å². The Kier molecular flexibility index (Phi) is 5.49. The number of aromatic nitrogens is 2. The van der Waals surface area contributed by atoms with E-state index in [2.05, 4.69) is 0 Å². The van der Waals surface area contributed by atoms with Gasteiger partial charge in [0, 0.05) is 30.4 Å². The van der Waals surface area contributed by atoms with Crippen LogP contribution >= 0.6 is 0 Å². The maximum atomic E-state index is 13.8. The first-order valence-corrected chi connectivity index (χ1v) is 8.42. The Hall–Kier alpha value is -3.23. The van der Waals surface area contributed by atoms with Crippen LogP contribution in [0.1, 0.15) is 18.4 Å². The molecule has 0 atom stereocenters. The number of amides is 1. The number of rotatable bonds is 7. The molecule has 3 rings (SSSR count). The van der Waals surface area contributed by atoms with Crippen molar-refractivity contribution in [3.8, 4) is 0 Å². The predicted molar refractivity (Wildman–Crippen MR) is 92.3 cm³/mol. The number of carbonyl (C=O) groups excluding carboxylic acids is 2. The SMILES string of the molecule is O=C(Cn1ccc(=O)[nH]c1=O)OCC(=O)N(Cc1ccccc1F)C1CC1. The molecule has 1 aromatic heterocycles. The van der Waals surface area contributed by atoms with E-state index < -0.39 is 42.1 Å². The number of nitrogens with zero attached hydrogens (tertiary/aromatic N) is 2. The summed E-state index contributed by atoms with van der Waals surface area (Å²) in [4.78, 5) is 50.3. The van der Waals surface area contributed by atoms with Gasteiger partial charge in [-0.05, 0) is 18.9 Å². The first-order chi connectivity index (χ1) is 12.9. The van der Waals surface area contributed by atoms with Crippen molar-refractivity contribution in [2.75, 3.05) is 6.61 Å². The lowest BCUT2D eigenvalue weighted by Gasteiger charge is -2.22. The fourth-order valence-corrected chi connectivity index (χ4v) is 2.60. The second-order valence-corrected chi connectivity index (χ2v) is 6.24. The van der Waals surface area contributed by atoms with Gasteiger partial charge >= 0.3 is 11.7 Å². The number of hydrogen-bond donors (Lipinski definition) is 1. The zero-order chi connectivity index (χ0) is 19.4. The lowest BCUT2D eigenvalue weighted by atomic mass is 10.2. The van der Waals surface area contributed by atoms with Crippen molar-refractivity contribution in [3.63, 3.8) is 0 Å². The minimum atomic E-state index is -0.792. The average Bonchev–Trinajstić information content (AvgIpc) is 3.46. The molecular weight excluding hydrogens is 357 g/mol. The van der Waals surface area contributed by atoms with E-state index in [4.69, 9.17) is 4.74 Å². The van der Waals surface area contributed by atoms with Gasteiger partial charge in [-0.25, -0.2) is 9.18 Å². The maximum absolute atomic E-state index is 13.8. The van der Waals surface area contributed by atoms with Crippen molar-refractivity contribution < 1.29 is 18.7 Å². The second kappa shape index (κ2) is 7.98. The van der Waals surface area contributed by atoms with Crippen LogP contribution in [0.15, 0.2) is 46.1 Å². The van der Waals surface area contributed by atoms with Gasteiger partial charge < -0.3 is 9.64 Å². The van der Waals surface area contributed by atoms with Gasteiger partial charge in [0.05, 0.1) is 0 Å². The number of hydrogen-bond acceptors (Lipinski definition) is 5. The number of esters is 1. The van der Waals surface area contributed by atoms with Crippen molar-refractivity contribution in [2.45, 2.75) is 32.0 Å². The number of carbonyl (C=O) groups is 2. The summed E-state index contributed by atoms with van der Waals surface area (Å²) < 4.78 is 19.7. The highest BCUT2D eigenvalue weighted by Gasteiger charge is 2.33. The first-order valence-electron chi connectivity index (χ1n) is 8.42. The summed E-state index contributed by atoms with van der Waals surface area (Å²) in [6.45, 7) is -0.825. The molecule has 0 bridgehead atoms. The third-order valence-corrected chi connectivity index (χ3v) is 4.16. The summed E-state index contributed by atoms with van der Waals surface area (Å²) in [7, 11) is 0. The van der Waals surface area contributed by atoms with E-state index in [0.717, 1.165) is 23.5 Å². The third-order valence-electron chi connectivity index (χ3n) is 4.16. The first kappa shape index (κ1) is 18.6. The number of benzene rings is 1. The van der Waals surface area contributed by atoms with E-state index >= 15 is 0 Å². The van der Waals surface area contributed by atoms with Gasteiger partial charge in [-0.2, -0.15) is 0 Å². The molecule has 1 amide bonds. The van der Waals surface area contributed by atoms with Gasteiger partial charge in [0.2, 0.25) is 0 Å². The van der Waals surface area contributed by atoms with Crippen molar-refractivity contribution in [1.29, 1.82) is 0 Å². The van der Waals surface area contributed by atoms with Gasteiger partial charge in [0.15, 0.2) is 6.61 Å². The number of H-pyrrole nitrogens is 1. The highest BCUT2D eigenvalue weighted by Crippen LogP contribution is 2.29. The second-order valence-electron chi connectivity index (χ2n) is 6.24. The molecule has 142 valence electrons. The van der Waals surface area contributed by atoms with E-state index in [9.17, 15) is 23.6 Å². The Morgan fingerprint density at radius 1 is 1.22 bits per heavy atom. The van der Waals surface area contributed by atoms with E-state index in [0.29, 0.717) is 5.56 Å². The largest absolute Gasteiger partial charge is 0.454 e. The molecule has 1 aliphatic carbocycles. The average molecular weight is 375 g/mol. The van der Waals surface area contributed by atoms with E-state index in [1.165, 1.54) is 17.2 Å². The van der Waals surface area contributed by atoms with Crippen LogP contribution < -0.4 is 11.2 Å². The van der Waals surface area contributed by atoms with Crippen LogP contribution in [0.5, 0.6) is 0 Å². The molecule has 0 aliphatic heterocycles. The maximum Gasteiger partial charge on any atom is 0.328 e. The predicted octanol–water partition coefficient (Wildman–Crippen LogP) is 0.410. The standard InChI is InChI=1S/C18H18FN3O5/c19-14-4-2-1-3-12(14)9-22(13-5-6-13)16(24)11-27-17(25)10-21-8-7-15(23)20-18(21)26/h1-4,7-8,13H,5-6,9-11H2,(H,20,23,26). The Balaban J connectivity index is 1.58. The Morgan fingerprint density at radius 2 is 1.96 bits per heavy atom. The summed E-state index contributed by atoms with van der Waals surface area (Å²) in [5.74, 6) is -1.62. The molecule has 1 fully saturated rings. The van der Waals surface area contributed by atoms with Crippen LogP contribution in [0.3, 0.4) is 0 Å². The quantitative estimate of drug-likeness (QED) is 0.707. The third kappa shape index (κ3) is 4.90. The van der Waals surface area contributed by atoms with Crippen molar-refractivity contribution in [3.05, 3.63) is 68.7 Å². The highest BCUT2D eigenvalue weighted by molar-refractivity contribution is 5.81. The van der Waals surface area contributed by atoms with Crippen LogP contribution in [-0.2, 0) is 27.4 Å². The molecule has 9 heteroatoms. The molecule has 1 aliphatic rings. The summed E-state index contributed by atoms with van der Waals surface area (Å²) >= 11 is 0. The summed E-state index contributed by atoms with van der Waals surface area (Å²) in [6.07, 6.45) is 2.81. The molecule has 0 radical (unpaired) electrons. The van der Waals surface area contributed by atoms with Gasteiger partial charge in [0.25, 0.3) is 11.5 Å². The molecule has 0 saturated heterocycles. The lowest BCUT2D eigenvalue weighted by molar-refractivity contribution is -0.153. The normalized spacial score (nSPS) is 13.2. The minimum Gasteiger partial charge on any atom is -0.454 e. The van der Waals surface area contributed by atoms with Crippen LogP contribution in [0, 0.1) is 5.82 Å². The van der Waals surface area contributed by atoms with Gasteiger partial charge in [-0.3, -0.25) is 23.9 Å². The van der Waals surface area contributed by atoms with Crippen LogP contribution in [-0.4, -0.2) is 39.0 Å². The monoisotopic (exact) mass is 375 g/mol. The Morgan fingerprint density at radius 3 is 2.63 bits per heavy atom. The summed E-state index contributed by atoms with van der Waals surface area (Å²) in [5, 5.41) is 0. The summed E-state index contributed by atoms with van der Waals surface area (Å²) in [6, 6.07) is 7.30. The molecule has 27 heavy (non-hydrogen) atoms. The Labute approximate surface area is 153 Å². The lowest BCUT2D eigenvalue weighted by Crippen LogP contribution is -2.37. The van der Waals surface area contributed by atoms with E-state index in [1.807, 2.05) is 4.98 Å². The van der Waals surface area contributed by atoms with Crippen LogP contribution in [0.2, 0.25) is 0 Å². The van der Waals surface area contributed by atoms with Gasteiger partial charge in [0.1, 0.15) is 12.4 Å². The molecule has 8 nitrogen and oxygen atoms in total. The van der Waals surface area contributed by atoms with Crippen molar-refractivity contribution >= 4 is 11.9 Å². The van der Waals surface area contributed by atoms with E-state index in [1.54, 1.807) is 18.2 Å². The van der Waals surface area contributed by atoms with Crippen LogP contribution in [0.4, 0.5) is 4.39 Å². The van der Waals surface area contributed by atoms with Gasteiger partial charge in [-0.1, -0.05) is 18.2 Å². The smallest absolute Gasteiger partial charge is 0.328 e. The Bertz CT molecular complexity index is 964. The minimum absolute atomic E-state index is 0.0117. The fraction of sp³-hybridized carbons (Fsp3) is 0.333. The zero-order valence-electron chi connectivity index (χ0n) is 14.4. The molecular formula is C18H18FN3O5. The van der Waals surface area contributed by atoms with Crippen molar-refractivity contribution in [1.82, 2.24) is 14.5 Å². The molecule has 2 aromatic rings. The molecule has 1 heterocycles. The molecule has 1 saturated carbocycles.